The molecule has 134 valence electrons. The predicted octanol–water partition coefficient (Wildman–Crippen LogP) is 3.94. The smallest absolute Gasteiger partial charge is 0.231 e. The number of fused-ring (bicyclic) bond motifs is 1. The molecule has 0 bridgehead atoms. The molecule has 26 heavy (non-hydrogen) atoms. The van der Waals surface area contributed by atoms with Crippen molar-refractivity contribution in [1.29, 1.82) is 0 Å². The van der Waals surface area contributed by atoms with E-state index in [0.29, 0.717) is 13.1 Å². The number of rotatable bonds is 5. The number of methoxy groups -OCH3 is 1. The minimum absolute atomic E-state index is 0.00572. The molecule has 2 heterocycles. The number of anilines is 2. The number of benzene rings is 2. The van der Waals surface area contributed by atoms with E-state index in [1.165, 1.54) is 0 Å². The van der Waals surface area contributed by atoms with Crippen molar-refractivity contribution in [2.24, 2.45) is 5.92 Å². The van der Waals surface area contributed by atoms with Crippen molar-refractivity contribution in [3.05, 3.63) is 48.0 Å². The van der Waals surface area contributed by atoms with Crippen molar-refractivity contribution in [2.75, 3.05) is 30.4 Å². The van der Waals surface area contributed by atoms with Crippen LogP contribution in [-0.2, 0) is 11.2 Å². The van der Waals surface area contributed by atoms with Gasteiger partial charge in [-0.25, -0.2) is 4.98 Å². The van der Waals surface area contributed by atoms with Crippen LogP contribution < -0.4 is 15.0 Å². The summed E-state index contributed by atoms with van der Waals surface area (Å²) in [5.74, 6) is 0.866. The molecule has 3 aromatic rings. The summed E-state index contributed by atoms with van der Waals surface area (Å²) in [6, 6.07) is 13.9. The van der Waals surface area contributed by atoms with Crippen LogP contribution in [0.25, 0.3) is 10.2 Å². The molecule has 1 aliphatic rings. The molecular weight excluding hydrogens is 346 g/mol. The molecular formula is C20H21N3O2S. The van der Waals surface area contributed by atoms with Crippen molar-refractivity contribution in [2.45, 2.75) is 13.3 Å². The Hall–Kier alpha value is -2.60. The maximum atomic E-state index is 12.5. The first-order chi connectivity index (χ1) is 12.7. The highest BCUT2D eigenvalue weighted by Gasteiger charge is 2.34. The average Bonchev–Trinajstić information content (AvgIpc) is 3.04. The molecule has 2 aromatic carbocycles. The number of carbonyl (C=O) groups is 1. The number of hydrogen-bond donors (Lipinski definition) is 1. The number of aryl methyl sites for hydroxylation is 1. The maximum Gasteiger partial charge on any atom is 0.231 e. The second kappa shape index (κ2) is 6.96. The first-order valence-corrected chi connectivity index (χ1v) is 9.58. The number of ether oxygens (including phenoxy) is 1. The van der Waals surface area contributed by atoms with Gasteiger partial charge in [-0.05, 0) is 30.2 Å². The van der Waals surface area contributed by atoms with Crippen LogP contribution >= 0.6 is 11.3 Å². The summed E-state index contributed by atoms with van der Waals surface area (Å²) in [6.07, 6.45) is 0.904. The van der Waals surface area contributed by atoms with Gasteiger partial charge < -0.3 is 15.0 Å². The SMILES string of the molecule is CCc1ccccc1NC(=O)C1CN(c2nc3c(OC)cccc3s2)C1. The Morgan fingerprint density at radius 2 is 2.08 bits per heavy atom. The molecule has 0 unspecified atom stereocenters. The van der Waals surface area contributed by atoms with E-state index in [-0.39, 0.29) is 11.8 Å². The van der Waals surface area contributed by atoms with Crippen molar-refractivity contribution in [1.82, 2.24) is 4.98 Å². The van der Waals surface area contributed by atoms with E-state index >= 15 is 0 Å². The van der Waals surface area contributed by atoms with E-state index in [0.717, 1.165) is 38.8 Å². The topological polar surface area (TPSA) is 54.5 Å². The summed E-state index contributed by atoms with van der Waals surface area (Å²) in [5.41, 5.74) is 2.97. The Kier molecular flexibility index (Phi) is 4.51. The molecule has 0 radical (unpaired) electrons. The first-order valence-electron chi connectivity index (χ1n) is 8.77. The largest absolute Gasteiger partial charge is 0.494 e. The van der Waals surface area contributed by atoms with E-state index < -0.39 is 0 Å². The standard InChI is InChI=1S/C20H21N3O2S/c1-3-13-7-4-5-8-15(13)21-19(24)14-11-23(12-14)20-22-18-16(25-2)9-6-10-17(18)26-20/h4-10,14H,3,11-12H2,1-2H3,(H,21,24). The van der Waals surface area contributed by atoms with Gasteiger partial charge in [0.05, 0.1) is 17.7 Å². The molecule has 0 aliphatic carbocycles. The predicted molar refractivity (Wildman–Crippen MR) is 106 cm³/mol. The van der Waals surface area contributed by atoms with Crippen LogP contribution in [0.3, 0.4) is 0 Å². The molecule has 0 saturated carbocycles. The summed E-state index contributed by atoms with van der Waals surface area (Å²) >= 11 is 1.64. The number of nitrogens with one attached hydrogen (secondary N) is 1. The average molecular weight is 367 g/mol. The minimum Gasteiger partial charge on any atom is -0.494 e. The first kappa shape index (κ1) is 16.8. The number of thiazole rings is 1. The molecule has 6 heteroatoms. The lowest BCUT2D eigenvalue weighted by Crippen LogP contribution is -2.52. The molecule has 1 saturated heterocycles. The molecule has 1 N–H and O–H groups in total. The summed E-state index contributed by atoms with van der Waals surface area (Å²) in [4.78, 5) is 19.4. The van der Waals surface area contributed by atoms with Crippen LogP contribution in [-0.4, -0.2) is 31.1 Å². The van der Waals surface area contributed by atoms with Crippen LogP contribution in [0.4, 0.5) is 10.8 Å². The van der Waals surface area contributed by atoms with Gasteiger partial charge in [-0.15, -0.1) is 0 Å². The minimum atomic E-state index is -0.00572. The monoisotopic (exact) mass is 367 g/mol. The number of hydrogen-bond acceptors (Lipinski definition) is 5. The molecule has 0 spiro atoms. The fourth-order valence-corrected chi connectivity index (χ4v) is 4.20. The number of amides is 1. The zero-order valence-electron chi connectivity index (χ0n) is 14.9. The van der Waals surface area contributed by atoms with Gasteiger partial charge in [0.15, 0.2) is 5.13 Å². The lowest BCUT2D eigenvalue weighted by Gasteiger charge is -2.38. The lowest BCUT2D eigenvalue weighted by atomic mass is 9.99. The third-order valence-corrected chi connectivity index (χ3v) is 5.85. The Morgan fingerprint density at radius 1 is 1.27 bits per heavy atom. The zero-order chi connectivity index (χ0) is 18.1. The van der Waals surface area contributed by atoms with E-state index in [1.54, 1.807) is 18.4 Å². The zero-order valence-corrected chi connectivity index (χ0v) is 15.7. The van der Waals surface area contributed by atoms with E-state index in [2.05, 4.69) is 23.2 Å². The number of aromatic nitrogens is 1. The van der Waals surface area contributed by atoms with E-state index in [1.807, 2.05) is 36.4 Å². The molecule has 1 amide bonds. The number of carbonyl (C=O) groups excluding carboxylic acids is 1. The quantitative estimate of drug-likeness (QED) is 0.742. The van der Waals surface area contributed by atoms with Gasteiger partial charge >= 0.3 is 0 Å². The van der Waals surface area contributed by atoms with Gasteiger partial charge in [0.25, 0.3) is 0 Å². The molecule has 5 nitrogen and oxygen atoms in total. The summed E-state index contributed by atoms with van der Waals surface area (Å²) in [6.45, 7) is 3.49. The highest BCUT2D eigenvalue weighted by molar-refractivity contribution is 7.22. The Balaban J connectivity index is 1.43. The second-order valence-corrected chi connectivity index (χ2v) is 7.41. The summed E-state index contributed by atoms with van der Waals surface area (Å²) < 4.78 is 6.48. The normalized spacial score (nSPS) is 14.3. The van der Waals surface area contributed by atoms with Gasteiger partial charge in [0, 0.05) is 18.8 Å². The van der Waals surface area contributed by atoms with Gasteiger partial charge in [-0.3, -0.25) is 4.79 Å². The molecule has 1 aromatic heterocycles. The van der Waals surface area contributed by atoms with Crippen molar-refractivity contribution in [3.8, 4) is 5.75 Å². The van der Waals surface area contributed by atoms with Crippen molar-refractivity contribution >= 4 is 38.3 Å². The van der Waals surface area contributed by atoms with E-state index in [4.69, 9.17) is 9.72 Å². The third kappa shape index (κ3) is 3.01. The fourth-order valence-electron chi connectivity index (χ4n) is 3.20. The number of nitrogens with zero attached hydrogens (tertiary/aromatic N) is 2. The third-order valence-electron chi connectivity index (χ3n) is 4.77. The lowest BCUT2D eigenvalue weighted by molar-refractivity contribution is -0.120. The van der Waals surface area contributed by atoms with Gasteiger partial charge in [0.1, 0.15) is 11.3 Å². The van der Waals surface area contributed by atoms with Crippen molar-refractivity contribution in [3.63, 3.8) is 0 Å². The van der Waals surface area contributed by atoms with Crippen molar-refractivity contribution < 1.29 is 9.53 Å². The maximum absolute atomic E-state index is 12.5. The highest BCUT2D eigenvalue weighted by Crippen LogP contribution is 2.36. The number of para-hydroxylation sites is 2. The summed E-state index contributed by atoms with van der Waals surface area (Å²) in [5, 5.41) is 4.02. The molecule has 4 rings (SSSR count). The van der Waals surface area contributed by atoms with Crippen LogP contribution in [0, 0.1) is 5.92 Å². The summed E-state index contributed by atoms with van der Waals surface area (Å²) in [7, 11) is 1.66. The molecule has 0 atom stereocenters. The van der Waals surface area contributed by atoms with Crippen LogP contribution in [0.5, 0.6) is 5.75 Å². The van der Waals surface area contributed by atoms with Crippen LogP contribution in [0.1, 0.15) is 12.5 Å². The van der Waals surface area contributed by atoms with Gasteiger partial charge in [-0.1, -0.05) is 42.5 Å². The van der Waals surface area contributed by atoms with Gasteiger partial charge in [-0.2, -0.15) is 0 Å². The molecule has 1 fully saturated rings. The fraction of sp³-hybridized carbons (Fsp3) is 0.300. The van der Waals surface area contributed by atoms with Crippen LogP contribution in [0.2, 0.25) is 0 Å². The van der Waals surface area contributed by atoms with Gasteiger partial charge in [0.2, 0.25) is 5.91 Å². The van der Waals surface area contributed by atoms with Crippen LogP contribution in [0.15, 0.2) is 42.5 Å². The van der Waals surface area contributed by atoms with E-state index in [9.17, 15) is 4.79 Å². The molecule has 1 aliphatic heterocycles. The highest BCUT2D eigenvalue weighted by atomic mass is 32.1. The Bertz CT molecular complexity index is 947. The Labute approximate surface area is 156 Å². The Morgan fingerprint density at radius 3 is 2.85 bits per heavy atom. The second-order valence-electron chi connectivity index (χ2n) is 6.41.